The number of ether oxygens (including phenoxy) is 3. The predicted octanol–water partition coefficient (Wildman–Crippen LogP) is 24.8. The minimum atomic E-state index is -0.806. The van der Waals surface area contributed by atoms with Crippen molar-refractivity contribution in [2.24, 2.45) is 0 Å². The second kappa shape index (κ2) is 70.8. The number of esters is 3. The Kier molecular flexibility index (Phi) is 67.7. The molecule has 0 aromatic carbocycles. The van der Waals surface area contributed by atoms with Gasteiger partial charge < -0.3 is 14.2 Å². The van der Waals surface area contributed by atoms with Gasteiger partial charge in [-0.25, -0.2) is 0 Å². The molecule has 0 saturated carbocycles. The number of carbonyl (C=O) groups excluding carboxylic acids is 3. The summed E-state index contributed by atoms with van der Waals surface area (Å²) < 4.78 is 17.0. The van der Waals surface area contributed by atoms with Crippen molar-refractivity contribution in [3.63, 3.8) is 0 Å². The fourth-order valence-corrected chi connectivity index (χ4v) is 10.2. The molecule has 0 fully saturated rings. The molecule has 0 spiro atoms. The standard InChI is InChI=1S/C77H134O6/c1-4-7-10-13-16-19-22-25-28-31-34-36-37-38-39-40-42-43-46-49-52-55-58-61-64-67-70-76(79)82-73-74(72-81-75(78)69-66-63-60-57-54-51-48-45-33-30-27-24-21-18-15-12-9-6-3)83-77(80)71-68-65-62-59-56-53-50-47-44-41-35-32-29-26-23-20-17-14-11-8-5-2/h8,11,17,20-21,24,26,29-30,33,35,41,47,50,56,59,74H,4-7,9-10,12-16,18-19,22-23,25,27-28,31-32,34,36-40,42-46,48-49,51-55,57-58,60-73H2,1-3H3/b11-8-,20-17-,24-21-,29-26-,33-30-,41-35-,50-47-,59-56-. The Morgan fingerprint density at radius 3 is 0.771 bits per heavy atom. The van der Waals surface area contributed by atoms with Crippen LogP contribution in [0.3, 0.4) is 0 Å². The summed E-state index contributed by atoms with van der Waals surface area (Å²) in [5.41, 5.74) is 0. The van der Waals surface area contributed by atoms with Crippen molar-refractivity contribution in [2.75, 3.05) is 13.2 Å². The molecule has 83 heavy (non-hydrogen) atoms. The molecule has 478 valence electrons. The third-order valence-electron chi connectivity index (χ3n) is 15.6. The summed E-state index contributed by atoms with van der Waals surface area (Å²) in [5, 5.41) is 0. The Balaban J connectivity index is 4.39. The summed E-state index contributed by atoms with van der Waals surface area (Å²) >= 11 is 0. The zero-order chi connectivity index (χ0) is 59.9. The largest absolute Gasteiger partial charge is 0.462 e. The maximum absolute atomic E-state index is 12.9. The molecule has 0 N–H and O–H groups in total. The van der Waals surface area contributed by atoms with E-state index in [9.17, 15) is 14.4 Å². The maximum Gasteiger partial charge on any atom is 0.306 e. The highest BCUT2D eigenvalue weighted by Gasteiger charge is 2.19. The van der Waals surface area contributed by atoms with Crippen LogP contribution in [-0.4, -0.2) is 37.2 Å². The molecule has 0 radical (unpaired) electrons. The van der Waals surface area contributed by atoms with Gasteiger partial charge in [0.05, 0.1) is 0 Å². The van der Waals surface area contributed by atoms with Gasteiger partial charge in [0.1, 0.15) is 13.2 Å². The predicted molar refractivity (Wildman–Crippen MR) is 362 cm³/mol. The molecule has 0 aliphatic carbocycles. The van der Waals surface area contributed by atoms with Crippen molar-refractivity contribution in [3.05, 3.63) is 97.2 Å². The van der Waals surface area contributed by atoms with E-state index in [-0.39, 0.29) is 37.5 Å². The van der Waals surface area contributed by atoms with Crippen molar-refractivity contribution in [3.8, 4) is 0 Å². The highest BCUT2D eigenvalue weighted by molar-refractivity contribution is 5.71. The highest BCUT2D eigenvalue weighted by atomic mass is 16.6. The van der Waals surface area contributed by atoms with Gasteiger partial charge in [-0.05, 0) is 103 Å². The van der Waals surface area contributed by atoms with Gasteiger partial charge in [-0.3, -0.25) is 14.4 Å². The van der Waals surface area contributed by atoms with Gasteiger partial charge in [0.25, 0.3) is 0 Å². The molecule has 1 unspecified atom stereocenters. The Labute approximate surface area is 515 Å². The average Bonchev–Trinajstić information content (AvgIpc) is 3.50. The molecular weight excluding hydrogens is 1020 g/mol. The summed E-state index contributed by atoms with van der Waals surface area (Å²) in [6.45, 7) is 6.52. The fraction of sp³-hybridized carbons (Fsp3) is 0.753. The van der Waals surface area contributed by atoms with Gasteiger partial charge in [-0.15, -0.1) is 0 Å². The van der Waals surface area contributed by atoms with E-state index in [2.05, 4.69) is 118 Å². The Bertz CT molecular complexity index is 1610. The second-order valence-corrected chi connectivity index (χ2v) is 23.8. The highest BCUT2D eigenvalue weighted by Crippen LogP contribution is 2.18. The van der Waals surface area contributed by atoms with Crippen molar-refractivity contribution in [1.29, 1.82) is 0 Å². The number of hydrogen-bond donors (Lipinski definition) is 0. The molecule has 0 aromatic rings. The monoisotopic (exact) mass is 1160 g/mol. The lowest BCUT2D eigenvalue weighted by atomic mass is 10.0. The van der Waals surface area contributed by atoms with Gasteiger partial charge in [0.2, 0.25) is 0 Å². The number of allylic oxidation sites excluding steroid dienone is 16. The molecule has 0 bridgehead atoms. The molecular formula is C77H134O6. The van der Waals surface area contributed by atoms with E-state index in [1.54, 1.807) is 0 Å². The molecule has 0 saturated heterocycles. The SMILES string of the molecule is CC/C=C\C/C=C\C/C=C\C/C=C\C/C=C\C/C=C\CCCCC(=O)OC(COC(=O)CCCCCCCCC/C=C\C/C=C\CCCCCC)COC(=O)CCCCCCCCCCCCCCCCCCCCCCCCCCCC. The zero-order valence-electron chi connectivity index (χ0n) is 54.9. The molecule has 6 nitrogen and oxygen atoms in total. The smallest absolute Gasteiger partial charge is 0.306 e. The zero-order valence-corrected chi connectivity index (χ0v) is 54.9. The average molecular weight is 1160 g/mol. The molecule has 0 amide bonds. The molecule has 0 heterocycles. The number of hydrogen-bond acceptors (Lipinski definition) is 6. The van der Waals surface area contributed by atoms with Crippen LogP contribution in [0.4, 0.5) is 0 Å². The van der Waals surface area contributed by atoms with Crippen LogP contribution in [0, 0.1) is 0 Å². The van der Waals surface area contributed by atoms with E-state index in [1.165, 1.54) is 205 Å². The summed E-state index contributed by atoms with van der Waals surface area (Å²) in [6.07, 6.45) is 95.8. The van der Waals surface area contributed by atoms with Crippen LogP contribution in [0.15, 0.2) is 97.2 Å². The van der Waals surface area contributed by atoms with Gasteiger partial charge in [0.15, 0.2) is 6.10 Å². The first kappa shape index (κ1) is 79.3. The van der Waals surface area contributed by atoms with Gasteiger partial charge in [-0.1, -0.05) is 330 Å². The lowest BCUT2D eigenvalue weighted by Crippen LogP contribution is -2.30. The minimum absolute atomic E-state index is 0.0953. The third-order valence-corrected chi connectivity index (χ3v) is 15.6. The van der Waals surface area contributed by atoms with Crippen LogP contribution in [0.2, 0.25) is 0 Å². The van der Waals surface area contributed by atoms with Crippen LogP contribution >= 0.6 is 0 Å². The van der Waals surface area contributed by atoms with Gasteiger partial charge in [-0.2, -0.15) is 0 Å². The Hall–Kier alpha value is -3.67. The molecule has 0 aliphatic heterocycles. The van der Waals surface area contributed by atoms with Crippen LogP contribution < -0.4 is 0 Å². The molecule has 0 rings (SSSR count). The Morgan fingerprint density at radius 1 is 0.253 bits per heavy atom. The van der Waals surface area contributed by atoms with Gasteiger partial charge >= 0.3 is 17.9 Å². The normalized spacial score (nSPS) is 12.7. The Morgan fingerprint density at radius 2 is 0.470 bits per heavy atom. The lowest BCUT2D eigenvalue weighted by molar-refractivity contribution is -0.167. The third kappa shape index (κ3) is 69.0. The maximum atomic E-state index is 12.9. The van der Waals surface area contributed by atoms with E-state index >= 15 is 0 Å². The van der Waals surface area contributed by atoms with Crippen molar-refractivity contribution in [1.82, 2.24) is 0 Å². The number of rotatable bonds is 65. The fourth-order valence-electron chi connectivity index (χ4n) is 10.2. The molecule has 0 aromatic heterocycles. The van der Waals surface area contributed by atoms with Crippen LogP contribution in [0.5, 0.6) is 0 Å². The molecule has 1 atom stereocenters. The van der Waals surface area contributed by atoms with Crippen LogP contribution in [-0.2, 0) is 28.6 Å². The van der Waals surface area contributed by atoms with E-state index in [1.807, 2.05) is 0 Å². The summed E-state index contributed by atoms with van der Waals surface area (Å²) in [4.78, 5) is 38.5. The topological polar surface area (TPSA) is 78.9 Å². The van der Waals surface area contributed by atoms with Crippen molar-refractivity contribution in [2.45, 2.75) is 361 Å². The van der Waals surface area contributed by atoms with Crippen LogP contribution in [0.25, 0.3) is 0 Å². The van der Waals surface area contributed by atoms with E-state index < -0.39 is 6.10 Å². The van der Waals surface area contributed by atoms with E-state index in [0.29, 0.717) is 19.3 Å². The lowest BCUT2D eigenvalue weighted by Gasteiger charge is -2.18. The molecule has 0 aliphatic rings. The second-order valence-electron chi connectivity index (χ2n) is 23.8. The van der Waals surface area contributed by atoms with E-state index in [0.717, 1.165) is 103 Å². The summed E-state index contributed by atoms with van der Waals surface area (Å²) in [5.74, 6) is -0.930. The first-order valence-electron chi connectivity index (χ1n) is 35.7. The number of unbranched alkanes of at least 4 members (excludes halogenated alkanes) is 38. The van der Waals surface area contributed by atoms with Crippen LogP contribution in [0.1, 0.15) is 355 Å². The first-order chi connectivity index (χ1) is 41.0. The van der Waals surface area contributed by atoms with Crippen molar-refractivity contribution >= 4 is 17.9 Å². The quantitative estimate of drug-likeness (QED) is 0.0261. The van der Waals surface area contributed by atoms with E-state index in [4.69, 9.17) is 14.2 Å². The summed E-state index contributed by atoms with van der Waals surface area (Å²) in [7, 11) is 0. The molecule has 6 heteroatoms. The number of carbonyl (C=O) groups is 3. The first-order valence-corrected chi connectivity index (χ1v) is 35.7. The summed E-state index contributed by atoms with van der Waals surface area (Å²) in [6, 6.07) is 0. The van der Waals surface area contributed by atoms with Crippen molar-refractivity contribution < 1.29 is 28.6 Å². The van der Waals surface area contributed by atoms with Gasteiger partial charge in [0, 0.05) is 19.3 Å². The minimum Gasteiger partial charge on any atom is -0.462 e.